The molecule has 0 aliphatic carbocycles. The number of thiophene rings is 1. The van der Waals surface area contributed by atoms with Crippen LogP contribution in [0.1, 0.15) is 4.88 Å². The fourth-order valence-electron chi connectivity index (χ4n) is 2.83. The van der Waals surface area contributed by atoms with Crippen molar-refractivity contribution >= 4 is 34.7 Å². The molecule has 24 heavy (non-hydrogen) atoms. The van der Waals surface area contributed by atoms with Gasteiger partial charge in [0.25, 0.3) is 0 Å². The first-order valence-electron chi connectivity index (χ1n) is 8.14. The van der Waals surface area contributed by atoms with Gasteiger partial charge in [-0.2, -0.15) is 0 Å². The van der Waals surface area contributed by atoms with Crippen molar-refractivity contribution in [2.75, 3.05) is 44.3 Å². The quantitative estimate of drug-likeness (QED) is 0.802. The Bertz CT molecular complexity index is 652. The van der Waals surface area contributed by atoms with Gasteiger partial charge in [0.1, 0.15) is 0 Å². The molecule has 1 fully saturated rings. The van der Waals surface area contributed by atoms with Crippen molar-refractivity contribution in [3.63, 3.8) is 0 Å². The summed E-state index contributed by atoms with van der Waals surface area (Å²) in [6, 6.07) is 12.3. The molecular formula is C18H23N3OS2. The highest BCUT2D eigenvalue weighted by Crippen LogP contribution is 2.19. The summed E-state index contributed by atoms with van der Waals surface area (Å²) in [5, 5.41) is 5.13. The lowest BCUT2D eigenvalue weighted by atomic mass is 10.3. The number of nitrogens with one attached hydrogen (secondary N) is 1. The van der Waals surface area contributed by atoms with E-state index in [1.165, 1.54) is 4.88 Å². The Morgan fingerprint density at radius 2 is 1.96 bits per heavy atom. The Kier molecular flexibility index (Phi) is 6.31. The minimum Gasteiger partial charge on any atom is -0.325 e. The largest absolute Gasteiger partial charge is 0.325 e. The van der Waals surface area contributed by atoms with Gasteiger partial charge in [0.15, 0.2) is 0 Å². The monoisotopic (exact) mass is 361 g/mol. The number of carbonyl (C=O) groups is 1. The Hall–Kier alpha value is -1.34. The van der Waals surface area contributed by atoms with Crippen LogP contribution in [0.3, 0.4) is 0 Å². The average Bonchev–Trinajstić information content (AvgIpc) is 3.10. The van der Waals surface area contributed by atoms with Gasteiger partial charge in [0.2, 0.25) is 5.91 Å². The molecular weight excluding hydrogens is 338 g/mol. The van der Waals surface area contributed by atoms with Gasteiger partial charge in [0, 0.05) is 48.2 Å². The Labute approximate surface area is 151 Å². The van der Waals surface area contributed by atoms with E-state index in [0.29, 0.717) is 6.54 Å². The summed E-state index contributed by atoms with van der Waals surface area (Å²) in [5.74, 6) is 0.0694. The van der Waals surface area contributed by atoms with Crippen molar-refractivity contribution in [3.8, 4) is 0 Å². The number of rotatable bonds is 6. The second-order valence-corrected chi connectivity index (χ2v) is 7.82. The fraction of sp³-hybridized carbons (Fsp3) is 0.389. The van der Waals surface area contributed by atoms with Crippen LogP contribution >= 0.6 is 23.1 Å². The van der Waals surface area contributed by atoms with E-state index in [0.717, 1.165) is 43.3 Å². The number of anilines is 1. The van der Waals surface area contributed by atoms with Crippen molar-refractivity contribution in [1.29, 1.82) is 0 Å². The van der Waals surface area contributed by atoms with Crippen LogP contribution in [-0.4, -0.2) is 54.7 Å². The normalized spacial score (nSPS) is 16.2. The summed E-state index contributed by atoms with van der Waals surface area (Å²) in [4.78, 5) is 19.5. The molecule has 1 aliphatic rings. The molecule has 0 radical (unpaired) electrons. The van der Waals surface area contributed by atoms with Crippen molar-refractivity contribution in [2.45, 2.75) is 11.4 Å². The molecule has 0 spiro atoms. The number of thioether (sulfide) groups is 1. The minimum absolute atomic E-state index is 0.0694. The van der Waals surface area contributed by atoms with Crippen LogP contribution < -0.4 is 5.32 Å². The number of piperazine rings is 1. The van der Waals surface area contributed by atoms with E-state index in [-0.39, 0.29) is 5.91 Å². The maximum atomic E-state index is 12.2. The van der Waals surface area contributed by atoms with Gasteiger partial charge in [0.05, 0.1) is 6.54 Å². The van der Waals surface area contributed by atoms with E-state index in [9.17, 15) is 4.79 Å². The summed E-state index contributed by atoms with van der Waals surface area (Å²) in [6.45, 7) is 5.43. The summed E-state index contributed by atoms with van der Waals surface area (Å²) in [7, 11) is 0. The third kappa shape index (κ3) is 5.08. The molecule has 1 aliphatic heterocycles. The molecule has 3 rings (SSSR count). The topological polar surface area (TPSA) is 35.6 Å². The fourth-order valence-corrected chi connectivity index (χ4v) is 4.04. The Morgan fingerprint density at radius 3 is 2.67 bits per heavy atom. The summed E-state index contributed by atoms with van der Waals surface area (Å²) >= 11 is 3.49. The maximum absolute atomic E-state index is 12.2. The molecule has 0 bridgehead atoms. The van der Waals surface area contributed by atoms with Crippen LogP contribution in [0, 0.1) is 0 Å². The molecule has 1 saturated heterocycles. The molecule has 1 aromatic heterocycles. The predicted octanol–water partition coefficient (Wildman–Crippen LogP) is 3.23. The van der Waals surface area contributed by atoms with Crippen LogP contribution in [-0.2, 0) is 11.3 Å². The molecule has 0 unspecified atom stereocenters. The highest BCUT2D eigenvalue weighted by Gasteiger charge is 2.19. The molecule has 4 nitrogen and oxygen atoms in total. The number of carbonyl (C=O) groups excluding carboxylic acids is 1. The third-order valence-corrected chi connectivity index (χ3v) is 5.73. The molecule has 6 heteroatoms. The maximum Gasteiger partial charge on any atom is 0.238 e. The number of amides is 1. The van der Waals surface area contributed by atoms with Gasteiger partial charge < -0.3 is 5.32 Å². The van der Waals surface area contributed by atoms with E-state index in [2.05, 4.69) is 32.6 Å². The van der Waals surface area contributed by atoms with Gasteiger partial charge >= 0.3 is 0 Å². The van der Waals surface area contributed by atoms with Crippen molar-refractivity contribution in [2.24, 2.45) is 0 Å². The summed E-state index contributed by atoms with van der Waals surface area (Å²) < 4.78 is 0. The first-order valence-corrected chi connectivity index (χ1v) is 10.2. The molecule has 0 saturated carbocycles. The summed E-state index contributed by atoms with van der Waals surface area (Å²) in [5.41, 5.74) is 0.878. The Balaban J connectivity index is 1.42. The van der Waals surface area contributed by atoms with E-state index < -0.39 is 0 Å². The van der Waals surface area contributed by atoms with Gasteiger partial charge in [-0.15, -0.1) is 23.1 Å². The standard InChI is InChI=1S/C18H23N3OS2/c1-23-16-5-2-4-15(12-16)19-18(22)14-21-9-7-20(8-10-21)13-17-6-3-11-24-17/h2-6,11-12H,7-10,13-14H2,1H3,(H,19,22). The van der Waals surface area contributed by atoms with E-state index in [1.54, 1.807) is 11.8 Å². The lowest BCUT2D eigenvalue weighted by molar-refractivity contribution is -0.117. The lowest BCUT2D eigenvalue weighted by Gasteiger charge is -2.34. The first kappa shape index (κ1) is 17.5. The molecule has 1 amide bonds. The summed E-state index contributed by atoms with van der Waals surface area (Å²) in [6.07, 6.45) is 2.04. The van der Waals surface area contributed by atoms with E-state index >= 15 is 0 Å². The van der Waals surface area contributed by atoms with Gasteiger partial charge in [-0.25, -0.2) is 0 Å². The Morgan fingerprint density at radius 1 is 1.17 bits per heavy atom. The van der Waals surface area contributed by atoms with Crippen LogP contribution in [0.25, 0.3) is 0 Å². The zero-order valence-electron chi connectivity index (χ0n) is 13.9. The highest BCUT2D eigenvalue weighted by molar-refractivity contribution is 7.98. The molecule has 0 atom stereocenters. The van der Waals surface area contributed by atoms with E-state index in [1.807, 2.05) is 41.9 Å². The molecule has 2 aromatic rings. The lowest BCUT2D eigenvalue weighted by Crippen LogP contribution is -2.48. The smallest absolute Gasteiger partial charge is 0.238 e. The minimum atomic E-state index is 0.0694. The number of benzene rings is 1. The third-order valence-electron chi connectivity index (χ3n) is 4.15. The van der Waals surface area contributed by atoms with Gasteiger partial charge in [-0.3, -0.25) is 14.6 Å². The van der Waals surface area contributed by atoms with Crippen molar-refractivity contribution in [3.05, 3.63) is 46.7 Å². The zero-order valence-corrected chi connectivity index (χ0v) is 15.5. The molecule has 1 N–H and O–H groups in total. The second kappa shape index (κ2) is 8.67. The van der Waals surface area contributed by atoms with Crippen LogP contribution in [0.2, 0.25) is 0 Å². The molecule has 128 valence electrons. The van der Waals surface area contributed by atoms with Crippen LogP contribution in [0.4, 0.5) is 5.69 Å². The van der Waals surface area contributed by atoms with E-state index in [4.69, 9.17) is 0 Å². The molecule has 2 heterocycles. The SMILES string of the molecule is CSc1cccc(NC(=O)CN2CCN(Cc3cccs3)CC2)c1. The highest BCUT2D eigenvalue weighted by atomic mass is 32.2. The number of hydrogen-bond donors (Lipinski definition) is 1. The zero-order chi connectivity index (χ0) is 16.8. The van der Waals surface area contributed by atoms with Crippen molar-refractivity contribution < 1.29 is 4.79 Å². The van der Waals surface area contributed by atoms with Crippen molar-refractivity contribution in [1.82, 2.24) is 9.80 Å². The average molecular weight is 362 g/mol. The number of hydrogen-bond acceptors (Lipinski definition) is 5. The first-order chi connectivity index (χ1) is 11.7. The van der Waals surface area contributed by atoms with Gasteiger partial charge in [-0.1, -0.05) is 12.1 Å². The second-order valence-electron chi connectivity index (χ2n) is 5.91. The number of nitrogens with zero attached hydrogens (tertiary/aromatic N) is 2. The van der Waals surface area contributed by atoms with Crippen LogP contribution in [0.15, 0.2) is 46.7 Å². The van der Waals surface area contributed by atoms with Gasteiger partial charge in [-0.05, 0) is 35.9 Å². The van der Waals surface area contributed by atoms with Crippen LogP contribution in [0.5, 0.6) is 0 Å². The predicted molar refractivity (Wildman–Crippen MR) is 103 cm³/mol. The molecule has 1 aromatic carbocycles.